The number of hydrogen-bond acceptors (Lipinski definition) is 2. The lowest BCUT2D eigenvalue weighted by atomic mass is 9.96. The summed E-state index contributed by atoms with van der Waals surface area (Å²) in [7, 11) is 1.98. The number of benzene rings is 1. The Hall–Kier alpha value is -1.09. The fourth-order valence-electron chi connectivity index (χ4n) is 2.07. The van der Waals surface area contributed by atoms with Crippen molar-refractivity contribution in [2.45, 2.75) is 18.9 Å². The minimum Gasteiger partial charge on any atom is -0.370 e. The Balaban J connectivity index is 2.38. The van der Waals surface area contributed by atoms with E-state index in [1.807, 2.05) is 13.1 Å². The molecule has 3 heteroatoms. The van der Waals surface area contributed by atoms with E-state index >= 15 is 0 Å². The molecule has 0 aliphatic carbocycles. The molecule has 76 valence electrons. The van der Waals surface area contributed by atoms with Gasteiger partial charge in [-0.1, -0.05) is 6.07 Å². The lowest BCUT2D eigenvalue weighted by Crippen LogP contribution is -2.41. The van der Waals surface area contributed by atoms with Gasteiger partial charge in [0.05, 0.1) is 0 Å². The van der Waals surface area contributed by atoms with Crippen molar-refractivity contribution in [2.24, 2.45) is 5.73 Å². The van der Waals surface area contributed by atoms with E-state index in [0.29, 0.717) is 12.6 Å². The van der Waals surface area contributed by atoms with Crippen LogP contribution in [0.15, 0.2) is 18.2 Å². The first-order chi connectivity index (χ1) is 6.72. The van der Waals surface area contributed by atoms with Crippen LogP contribution in [0.5, 0.6) is 0 Å². The quantitative estimate of drug-likeness (QED) is 0.734. The Morgan fingerprint density at radius 3 is 3.07 bits per heavy atom. The third kappa shape index (κ3) is 1.48. The highest BCUT2D eigenvalue weighted by Crippen LogP contribution is 2.29. The first-order valence-corrected chi connectivity index (χ1v) is 4.93. The molecule has 0 amide bonds. The number of aryl methyl sites for hydroxylation is 1. The largest absolute Gasteiger partial charge is 0.370 e. The molecule has 2 N–H and O–H groups in total. The van der Waals surface area contributed by atoms with Gasteiger partial charge in [0.2, 0.25) is 0 Å². The van der Waals surface area contributed by atoms with Crippen LogP contribution in [0.25, 0.3) is 0 Å². The van der Waals surface area contributed by atoms with Gasteiger partial charge in [-0.3, -0.25) is 0 Å². The summed E-state index contributed by atoms with van der Waals surface area (Å²) < 4.78 is 13.0. The lowest BCUT2D eigenvalue weighted by Gasteiger charge is -2.35. The molecule has 1 heterocycles. The zero-order chi connectivity index (χ0) is 10.1. The van der Waals surface area contributed by atoms with Crippen LogP contribution in [0.2, 0.25) is 0 Å². The maximum absolute atomic E-state index is 13.0. The number of nitrogens with two attached hydrogens (primary N) is 1. The van der Waals surface area contributed by atoms with E-state index in [1.54, 1.807) is 6.07 Å². The molecule has 14 heavy (non-hydrogen) atoms. The van der Waals surface area contributed by atoms with Crippen LogP contribution in [0.4, 0.5) is 10.1 Å². The minimum atomic E-state index is -0.173. The Kier molecular flexibility index (Phi) is 2.42. The Bertz CT molecular complexity index is 338. The molecule has 0 radical (unpaired) electrons. The third-order valence-corrected chi connectivity index (χ3v) is 2.99. The first-order valence-electron chi connectivity index (χ1n) is 4.93. The van der Waals surface area contributed by atoms with Crippen LogP contribution in [0.3, 0.4) is 0 Å². The summed E-state index contributed by atoms with van der Waals surface area (Å²) >= 11 is 0. The lowest BCUT2D eigenvalue weighted by molar-refractivity contribution is 0.558. The van der Waals surface area contributed by atoms with Crippen LogP contribution < -0.4 is 10.6 Å². The van der Waals surface area contributed by atoms with Crippen LogP contribution in [-0.4, -0.2) is 19.6 Å². The zero-order valence-corrected chi connectivity index (χ0v) is 8.33. The predicted molar refractivity (Wildman–Crippen MR) is 56.0 cm³/mol. The van der Waals surface area contributed by atoms with Crippen molar-refractivity contribution in [3.8, 4) is 0 Å². The van der Waals surface area contributed by atoms with Crippen molar-refractivity contribution in [3.05, 3.63) is 29.6 Å². The molecule has 1 atom stereocenters. The fraction of sp³-hybridized carbons (Fsp3) is 0.455. The monoisotopic (exact) mass is 194 g/mol. The number of rotatable bonds is 1. The van der Waals surface area contributed by atoms with Crippen LogP contribution in [-0.2, 0) is 6.42 Å². The normalized spacial score (nSPS) is 20.8. The highest BCUT2D eigenvalue weighted by atomic mass is 19.1. The van der Waals surface area contributed by atoms with Crippen molar-refractivity contribution < 1.29 is 4.39 Å². The molecule has 0 spiro atoms. The number of hydrogen-bond donors (Lipinski definition) is 1. The van der Waals surface area contributed by atoms with Crippen LogP contribution in [0.1, 0.15) is 12.0 Å². The highest BCUT2D eigenvalue weighted by Gasteiger charge is 2.22. The van der Waals surface area contributed by atoms with Gasteiger partial charge in [-0.15, -0.1) is 0 Å². The van der Waals surface area contributed by atoms with Gasteiger partial charge in [-0.2, -0.15) is 0 Å². The van der Waals surface area contributed by atoms with E-state index < -0.39 is 0 Å². The van der Waals surface area contributed by atoms with Crippen molar-refractivity contribution in [1.82, 2.24) is 0 Å². The topological polar surface area (TPSA) is 29.3 Å². The number of fused-ring (bicyclic) bond motifs is 1. The molecule has 0 fully saturated rings. The molecular weight excluding hydrogens is 179 g/mol. The van der Waals surface area contributed by atoms with E-state index in [1.165, 1.54) is 11.6 Å². The van der Waals surface area contributed by atoms with E-state index in [-0.39, 0.29) is 5.82 Å². The Morgan fingerprint density at radius 2 is 2.36 bits per heavy atom. The summed E-state index contributed by atoms with van der Waals surface area (Å²) in [5, 5.41) is 0. The van der Waals surface area contributed by atoms with Gasteiger partial charge in [0.25, 0.3) is 0 Å². The van der Waals surface area contributed by atoms with E-state index in [4.69, 9.17) is 5.73 Å². The van der Waals surface area contributed by atoms with Gasteiger partial charge in [-0.25, -0.2) is 4.39 Å². The second-order valence-electron chi connectivity index (χ2n) is 3.81. The number of likely N-dealkylation sites (N-methyl/N-ethyl adjacent to an activating group) is 1. The zero-order valence-electron chi connectivity index (χ0n) is 8.33. The summed E-state index contributed by atoms with van der Waals surface area (Å²) in [6.07, 6.45) is 2.06. The molecule has 1 aromatic carbocycles. The first kappa shape index (κ1) is 9.46. The second-order valence-corrected chi connectivity index (χ2v) is 3.81. The smallest absolute Gasteiger partial charge is 0.125 e. The molecule has 0 aromatic heterocycles. The van der Waals surface area contributed by atoms with E-state index in [9.17, 15) is 4.39 Å². The molecule has 1 aromatic rings. The van der Waals surface area contributed by atoms with Crippen molar-refractivity contribution in [2.75, 3.05) is 18.5 Å². The SMILES string of the molecule is CN1c2cc(F)ccc2CCC1CN. The summed E-state index contributed by atoms with van der Waals surface area (Å²) in [6, 6.07) is 5.34. The van der Waals surface area contributed by atoms with Gasteiger partial charge >= 0.3 is 0 Å². The Morgan fingerprint density at radius 1 is 1.57 bits per heavy atom. The summed E-state index contributed by atoms with van der Waals surface area (Å²) in [5.41, 5.74) is 7.87. The average Bonchev–Trinajstić information content (AvgIpc) is 2.20. The maximum atomic E-state index is 13.0. The summed E-state index contributed by atoms with van der Waals surface area (Å²) in [6.45, 7) is 0.631. The molecule has 0 saturated carbocycles. The summed E-state index contributed by atoms with van der Waals surface area (Å²) in [4.78, 5) is 2.09. The highest BCUT2D eigenvalue weighted by molar-refractivity contribution is 5.56. The number of nitrogens with zero attached hydrogens (tertiary/aromatic N) is 1. The predicted octanol–water partition coefficient (Wildman–Crippen LogP) is 1.54. The van der Waals surface area contributed by atoms with Gasteiger partial charge < -0.3 is 10.6 Å². The molecular formula is C11H15FN2. The van der Waals surface area contributed by atoms with E-state index in [0.717, 1.165) is 18.5 Å². The van der Waals surface area contributed by atoms with Crippen LogP contribution >= 0.6 is 0 Å². The molecule has 2 rings (SSSR count). The molecule has 1 aliphatic heterocycles. The van der Waals surface area contributed by atoms with Crippen LogP contribution in [0, 0.1) is 5.82 Å². The van der Waals surface area contributed by atoms with Crippen molar-refractivity contribution >= 4 is 5.69 Å². The average molecular weight is 194 g/mol. The summed E-state index contributed by atoms with van der Waals surface area (Å²) in [5.74, 6) is -0.173. The molecule has 0 bridgehead atoms. The van der Waals surface area contributed by atoms with Gasteiger partial charge in [0.1, 0.15) is 5.82 Å². The standard InChI is InChI=1S/C11H15FN2/c1-14-10(7-13)5-3-8-2-4-9(12)6-11(8)14/h2,4,6,10H,3,5,7,13H2,1H3. The number of halogens is 1. The van der Waals surface area contributed by atoms with E-state index in [2.05, 4.69) is 4.90 Å². The van der Waals surface area contributed by atoms with Gasteiger partial charge in [0, 0.05) is 25.3 Å². The van der Waals surface area contributed by atoms with Gasteiger partial charge in [-0.05, 0) is 30.5 Å². The van der Waals surface area contributed by atoms with Gasteiger partial charge in [0.15, 0.2) is 0 Å². The minimum absolute atomic E-state index is 0.173. The van der Waals surface area contributed by atoms with Crippen molar-refractivity contribution in [3.63, 3.8) is 0 Å². The van der Waals surface area contributed by atoms with Crippen molar-refractivity contribution in [1.29, 1.82) is 0 Å². The maximum Gasteiger partial charge on any atom is 0.125 e. The molecule has 1 unspecified atom stereocenters. The third-order valence-electron chi connectivity index (χ3n) is 2.99. The molecule has 0 saturated heterocycles. The molecule has 2 nitrogen and oxygen atoms in total. The second kappa shape index (κ2) is 3.58. The Labute approximate surface area is 83.5 Å². The number of anilines is 1. The fourth-order valence-corrected chi connectivity index (χ4v) is 2.07. The molecule has 1 aliphatic rings.